The van der Waals surface area contributed by atoms with Gasteiger partial charge in [-0.1, -0.05) is 43.9 Å². The number of carbonyl (C=O) groups is 2. The van der Waals surface area contributed by atoms with Crippen molar-refractivity contribution >= 4 is 40.0 Å². The number of amides is 1. The van der Waals surface area contributed by atoms with Crippen LogP contribution in [0.25, 0.3) is 0 Å². The predicted octanol–water partition coefficient (Wildman–Crippen LogP) is 5.27. The fourth-order valence-corrected chi connectivity index (χ4v) is 7.02. The lowest BCUT2D eigenvalue weighted by molar-refractivity contribution is -0.113. The fraction of sp³-hybridized carbons (Fsp3) is 0.667. The highest BCUT2D eigenvalue weighted by atomic mass is 32.2. The van der Waals surface area contributed by atoms with Gasteiger partial charge in [0.05, 0.1) is 17.9 Å². The molecule has 0 atom stereocenters. The van der Waals surface area contributed by atoms with Crippen LogP contribution in [0, 0.1) is 5.92 Å². The van der Waals surface area contributed by atoms with Crippen LogP contribution < -0.4 is 5.32 Å². The number of aryl methyl sites for hydroxylation is 1. The SMILES string of the molecule is CCOC(=O)c1c(NC(=O)CSc2nnc(CC3CCCCC3)n2CC)sc2c1CCCC2. The molecule has 0 aromatic carbocycles. The number of hydrogen-bond donors (Lipinski definition) is 1. The molecule has 0 unspecified atom stereocenters. The van der Waals surface area contributed by atoms with E-state index >= 15 is 0 Å². The van der Waals surface area contributed by atoms with Gasteiger partial charge in [-0.15, -0.1) is 21.5 Å². The quantitative estimate of drug-likeness (QED) is 0.381. The Morgan fingerprint density at radius 1 is 1.12 bits per heavy atom. The first-order valence-electron chi connectivity index (χ1n) is 12.3. The zero-order valence-electron chi connectivity index (χ0n) is 19.7. The van der Waals surface area contributed by atoms with Gasteiger partial charge in [0.2, 0.25) is 5.91 Å². The molecule has 7 nitrogen and oxygen atoms in total. The summed E-state index contributed by atoms with van der Waals surface area (Å²) in [6.07, 6.45) is 11.5. The number of rotatable bonds is 9. The number of thioether (sulfide) groups is 1. The molecule has 2 aliphatic carbocycles. The molecule has 2 aromatic heterocycles. The van der Waals surface area contributed by atoms with Crippen LogP contribution in [-0.4, -0.2) is 39.0 Å². The van der Waals surface area contributed by atoms with Gasteiger partial charge in [0.15, 0.2) is 5.16 Å². The maximum atomic E-state index is 12.8. The molecule has 2 aromatic rings. The van der Waals surface area contributed by atoms with Crippen LogP contribution >= 0.6 is 23.1 Å². The third kappa shape index (κ3) is 5.80. The molecule has 1 fully saturated rings. The molecule has 2 heterocycles. The second-order valence-corrected chi connectivity index (χ2v) is 10.9. The van der Waals surface area contributed by atoms with Crippen molar-refractivity contribution in [1.29, 1.82) is 0 Å². The van der Waals surface area contributed by atoms with Crippen molar-refractivity contribution in [2.24, 2.45) is 5.92 Å². The van der Waals surface area contributed by atoms with Crippen LogP contribution in [0.2, 0.25) is 0 Å². The number of hydrogen-bond acceptors (Lipinski definition) is 7. The highest BCUT2D eigenvalue weighted by Gasteiger charge is 2.27. The smallest absolute Gasteiger partial charge is 0.341 e. The highest BCUT2D eigenvalue weighted by Crippen LogP contribution is 2.38. The lowest BCUT2D eigenvalue weighted by Gasteiger charge is -2.21. The van der Waals surface area contributed by atoms with Crippen LogP contribution in [0.3, 0.4) is 0 Å². The molecule has 0 saturated heterocycles. The summed E-state index contributed by atoms with van der Waals surface area (Å²) in [6.45, 7) is 5.02. The van der Waals surface area contributed by atoms with E-state index in [2.05, 4.69) is 27.0 Å². The molecule has 0 aliphatic heterocycles. The fourth-order valence-electron chi connectivity index (χ4n) is 4.91. The van der Waals surface area contributed by atoms with E-state index in [1.807, 2.05) is 0 Å². The highest BCUT2D eigenvalue weighted by molar-refractivity contribution is 7.99. The molecule has 4 rings (SSSR count). The average Bonchev–Trinajstić information content (AvgIpc) is 3.38. The average molecular weight is 491 g/mol. The third-order valence-electron chi connectivity index (χ3n) is 6.54. The zero-order chi connectivity index (χ0) is 23.2. The molecular weight excluding hydrogens is 456 g/mol. The number of nitrogens with zero attached hydrogens (tertiary/aromatic N) is 3. The van der Waals surface area contributed by atoms with Gasteiger partial charge in [-0.25, -0.2) is 4.79 Å². The summed E-state index contributed by atoms with van der Waals surface area (Å²) < 4.78 is 7.43. The number of carbonyl (C=O) groups excluding carboxylic acids is 2. The molecule has 0 radical (unpaired) electrons. The Morgan fingerprint density at radius 2 is 1.91 bits per heavy atom. The Bertz CT molecular complexity index is 979. The molecule has 1 amide bonds. The normalized spacial score (nSPS) is 16.4. The molecule has 1 saturated carbocycles. The monoisotopic (exact) mass is 490 g/mol. The Kier molecular flexibility index (Phi) is 8.46. The number of ether oxygens (including phenoxy) is 1. The number of thiophene rings is 1. The summed E-state index contributed by atoms with van der Waals surface area (Å²) in [4.78, 5) is 26.6. The standard InChI is InChI=1S/C24H34N4O3S2/c1-3-28-19(14-16-10-6-5-7-11-16)26-27-24(28)32-15-20(29)25-22-21(23(30)31-4-2)17-12-8-9-13-18(17)33-22/h16H,3-15H2,1-2H3,(H,25,29). The Labute approximate surface area is 204 Å². The van der Waals surface area contributed by atoms with Crippen LogP contribution in [0.4, 0.5) is 5.00 Å². The van der Waals surface area contributed by atoms with Gasteiger partial charge >= 0.3 is 5.97 Å². The van der Waals surface area contributed by atoms with Gasteiger partial charge in [0.1, 0.15) is 10.8 Å². The van der Waals surface area contributed by atoms with Crippen molar-refractivity contribution in [3.05, 3.63) is 21.8 Å². The van der Waals surface area contributed by atoms with Crippen molar-refractivity contribution < 1.29 is 14.3 Å². The predicted molar refractivity (Wildman–Crippen MR) is 132 cm³/mol. The molecule has 9 heteroatoms. The summed E-state index contributed by atoms with van der Waals surface area (Å²) in [5.74, 6) is 1.48. The number of anilines is 1. The second-order valence-electron chi connectivity index (χ2n) is 8.82. The van der Waals surface area contributed by atoms with E-state index in [-0.39, 0.29) is 17.6 Å². The van der Waals surface area contributed by atoms with E-state index in [4.69, 9.17) is 4.74 Å². The van der Waals surface area contributed by atoms with Gasteiger partial charge in [-0.3, -0.25) is 4.79 Å². The first kappa shape index (κ1) is 24.3. The Balaban J connectivity index is 1.41. The van der Waals surface area contributed by atoms with Crippen molar-refractivity contribution in [2.75, 3.05) is 17.7 Å². The third-order valence-corrected chi connectivity index (χ3v) is 8.72. The largest absolute Gasteiger partial charge is 0.462 e. The first-order chi connectivity index (χ1) is 16.1. The van der Waals surface area contributed by atoms with Crippen LogP contribution in [-0.2, 0) is 35.3 Å². The van der Waals surface area contributed by atoms with Gasteiger partial charge in [-0.05, 0) is 51.0 Å². The van der Waals surface area contributed by atoms with E-state index in [1.165, 1.54) is 60.1 Å². The topological polar surface area (TPSA) is 86.1 Å². The first-order valence-corrected chi connectivity index (χ1v) is 14.1. The Hall–Kier alpha value is -1.87. The van der Waals surface area contributed by atoms with E-state index in [1.54, 1.807) is 6.92 Å². The van der Waals surface area contributed by atoms with E-state index in [9.17, 15) is 9.59 Å². The van der Waals surface area contributed by atoms with Crippen molar-refractivity contribution in [3.8, 4) is 0 Å². The molecule has 1 N–H and O–H groups in total. The molecule has 180 valence electrons. The number of nitrogens with one attached hydrogen (secondary N) is 1. The maximum absolute atomic E-state index is 12.8. The molecule has 2 aliphatic rings. The minimum Gasteiger partial charge on any atom is -0.462 e. The summed E-state index contributed by atoms with van der Waals surface area (Å²) in [5.41, 5.74) is 1.62. The Morgan fingerprint density at radius 3 is 2.67 bits per heavy atom. The lowest BCUT2D eigenvalue weighted by Crippen LogP contribution is -2.17. The lowest BCUT2D eigenvalue weighted by atomic mass is 9.87. The number of fused-ring (bicyclic) bond motifs is 1. The molecule has 0 bridgehead atoms. The summed E-state index contributed by atoms with van der Waals surface area (Å²) in [5, 5.41) is 13.2. The molecular formula is C24H34N4O3S2. The second kappa shape index (κ2) is 11.5. The van der Waals surface area contributed by atoms with Gasteiger partial charge < -0.3 is 14.6 Å². The summed E-state index contributed by atoms with van der Waals surface area (Å²) in [6, 6.07) is 0. The minimum absolute atomic E-state index is 0.136. The minimum atomic E-state index is -0.335. The van der Waals surface area contributed by atoms with Crippen LogP contribution in [0.5, 0.6) is 0 Å². The summed E-state index contributed by atoms with van der Waals surface area (Å²) in [7, 11) is 0. The number of aromatic nitrogens is 3. The van der Waals surface area contributed by atoms with Crippen LogP contribution in [0.15, 0.2) is 5.16 Å². The van der Waals surface area contributed by atoms with E-state index in [0.717, 1.165) is 55.2 Å². The zero-order valence-corrected chi connectivity index (χ0v) is 21.3. The van der Waals surface area contributed by atoms with Crippen LogP contribution in [0.1, 0.15) is 85.4 Å². The van der Waals surface area contributed by atoms with Gasteiger partial charge in [0.25, 0.3) is 0 Å². The van der Waals surface area contributed by atoms with Gasteiger partial charge in [-0.2, -0.15) is 0 Å². The summed E-state index contributed by atoms with van der Waals surface area (Å²) >= 11 is 2.93. The van der Waals surface area contributed by atoms with Crippen molar-refractivity contribution in [1.82, 2.24) is 14.8 Å². The molecule has 0 spiro atoms. The molecule has 33 heavy (non-hydrogen) atoms. The van der Waals surface area contributed by atoms with Crippen molar-refractivity contribution in [2.45, 2.75) is 89.8 Å². The van der Waals surface area contributed by atoms with E-state index in [0.29, 0.717) is 23.1 Å². The van der Waals surface area contributed by atoms with Gasteiger partial charge in [0, 0.05) is 17.8 Å². The van der Waals surface area contributed by atoms with E-state index < -0.39 is 0 Å². The maximum Gasteiger partial charge on any atom is 0.341 e. The number of esters is 1. The van der Waals surface area contributed by atoms with Crippen molar-refractivity contribution in [3.63, 3.8) is 0 Å².